The molecule has 0 aromatic heterocycles. The number of fused-ring (bicyclic) bond motifs is 1. The van der Waals surface area contributed by atoms with Crippen molar-refractivity contribution in [2.75, 3.05) is 6.54 Å². The number of aryl methyl sites for hydroxylation is 1. The molecule has 2 nitrogen and oxygen atoms in total. The molecular weight excluding hydrogens is 234 g/mol. The highest BCUT2D eigenvalue weighted by atomic mass is 16.3. The van der Waals surface area contributed by atoms with E-state index in [4.69, 9.17) is 0 Å². The first kappa shape index (κ1) is 13.1. The normalized spacial score (nSPS) is 30.9. The summed E-state index contributed by atoms with van der Waals surface area (Å²) in [5.74, 6) is 0. The quantitative estimate of drug-likeness (QED) is 0.782. The Hall–Kier alpha value is -0.860. The van der Waals surface area contributed by atoms with Gasteiger partial charge in [0.2, 0.25) is 0 Å². The van der Waals surface area contributed by atoms with Crippen LogP contribution >= 0.6 is 0 Å². The maximum absolute atomic E-state index is 10.9. The summed E-state index contributed by atoms with van der Waals surface area (Å²) in [5, 5.41) is 10.9. The molecule has 0 bridgehead atoms. The zero-order chi connectivity index (χ0) is 13.5. The molecular formula is C17H25NO. The van der Waals surface area contributed by atoms with Gasteiger partial charge in [0.15, 0.2) is 0 Å². The van der Waals surface area contributed by atoms with Crippen molar-refractivity contribution in [3.63, 3.8) is 0 Å². The summed E-state index contributed by atoms with van der Waals surface area (Å²) in [5.41, 5.74) is 2.74. The number of benzene rings is 1. The second-order valence-corrected chi connectivity index (χ2v) is 6.71. The largest absolute Gasteiger partial charge is 0.387 e. The molecule has 1 saturated heterocycles. The Bertz CT molecular complexity index is 454. The Morgan fingerprint density at radius 2 is 2.00 bits per heavy atom. The topological polar surface area (TPSA) is 23.5 Å². The van der Waals surface area contributed by atoms with Crippen LogP contribution < -0.4 is 0 Å². The molecule has 0 spiro atoms. The van der Waals surface area contributed by atoms with Crippen molar-refractivity contribution in [2.45, 2.75) is 63.6 Å². The lowest BCUT2D eigenvalue weighted by atomic mass is 9.94. The molecule has 1 heterocycles. The minimum atomic E-state index is -0.323. The standard InChI is InChI=1S/C17H25NO/c1-17(2)11-6-12-18(17)15-10-5-8-13-7-3-4-9-14(13)16(15)19/h3-4,7,9,15-16,19H,5-6,8,10-12H2,1-2H3. The molecule has 2 unspecified atom stereocenters. The molecule has 1 aliphatic heterocycles. The fourth-order valence-corrected chi connectivity index (χ4v) is 3.99. The number of hydrogen-bond donors (Lipinski definition) is 1. The molecule has 0 radical (unpaired) electrons. The molecule has 2 aliphatic rings. The first-order valence-electron chi connectivity index (χ1n) is 7.62. The van der Waals surface area contributed by atoms with Gasteiger partial charge in [-0.25, -0.2) is 0 Å². The summed E-state index contributed by atoms with van der Waals surface area (Å²) in [6, 6.07) is 8.73. The van der Waals surface area contributed by atoms with Crippen molar-refractivity contribution >= 4 is 0 Å². The Morgan fingerprint density at radius 3 is 2.74 bits per heavy atom. The molecule has 0 saturated carbocycles. The number of hydrogen-bond acceptors (Lipinski definition) is 2. The van der Waals surface area contributed by atoms with E-state index in [1.54, 1.807) is 0 Å². The molecule has 0 amide bonds. The summed E-state index contributed by atoms with van der Waals surface area (Å²) in [6.45, 7) is 5.78. The van der Waals surface area contributed by atoms with Crippen molar-refractivity contribution in [3.8, 4) is 0 Å². The van der Waals surface area contributed by atoms with E-state index in [0.29, 0.717) is 6.04 Å². The van der Waals surface area contributed by atoms with Crippen LogP contribution in [0.2, 0.25) is 0 Å². The summed E-state index contributed by atoms with van der Waals surface area (Å²) < 4.78 is 0. The van der Waals surface area contributed by atoms with E-state index in [-0.39, 0.29) is 11.6 Å². The monoisotopic (exact) mass is 259 g/mol. The summed E-state index contributed by atoms with van der Waals surface area (Å²) >= 11 is 0. The van der Waals surface area contributed by atoms with E-state index >= 15 is 0 Å². The van der Waals surface area contributed by atoms with Crippen LogP contribution in [-0.4, -0.2) is 28.1 Å². The summed E-state index contributed by atoms with van der Waals surface area (Å²) in [4.78, 5) is 2.56. The third kappa shape index (κ3) is 2.32. The van der Waals surface area contributed by atoms with Crippen LogP contribution in [0.4, 0.5) is 0 Å². The molecule has 1 N–H and O–H groups in total. The second-order valence-electron chi connectivity index (χ2n) is 6.71. The predicted molar refractivity (Wildman–Crippen MR) is 78.1 cm³/mol. The number of aliphatic hydroxyl groups excluding tert-OH is 1. The number of rotatable bonds is 1. The average molecular weight is 259 g/mol. The highest BCUT2D eigenvalue weighted by Gasteiger charge is 2.40. The van der Waals surface area contributed by atoms with Gasteiger partial charge in [-0.3, -0.25) is 4.90 Å². The zero-order valence-electron chi connectivity index (χ0n) is 12.1. The minimum Gasteiger partial charge on any atom is -0.387 e. The zero-order valence-corrected chi connectivity index (χ0v) is 12.1. The fraction of sp³-hybridized carbons (Fsp3) is 0.647. The molecule has 1 aliphatic carbocycles. The van der Waals surface area contributed by atoms with Gasteiger partial charge >= 0.3 is 0 Å². The first-order valence-corrected chi connectivity index (χ1v) is 7.62. The SMILES string of the molecule is CC1(C)CCCN1C1CCCc2ccccc2C1O. The lowest BCUT2D eigenvalue weighted by Crippen LogP contribution is -2.47. The van der Waals surface area contributed by atoms with Crippen LogP contribution in [-0.2, 0) is 6.42 Å². The van der Waals surface area contributed by atoms with Crippen LogP contribution in [0.1, 0.15) is 56.8 Å². The van der Waals surface area contributed by atoms with Crippen molar-refractivity contribution in [2.24, 2.45) is 0 Å². The van der Waals surface area contributed by atoms with Crippen LogP contribution in [0.5, 0.6) is 0 Å². The molecule has 1 aromatic carbocycles. The highest BCUT2D eigenvalue weighted by molar-refractivity contribution is 5.31. The lowest BCUT2D eigenvalue weighted by molar-refractivity contribution is 0.0115. The van der Waals surface area contributed by atoms with Gasteiger partial charge in [0.05, 0.1) is 6.10 Å². The molecule has 1 fully saturated rings. The van der Waals surface area contributed by atoms with Gasteiger partial charge in [-0.2, -0.15) is 0 Å². The van der Waals surface area contributed by atoms with Gasteiger partial charge in [-0.1, -0.05) is 24.3 Å². The van der Waals surface area contributed by atoms with E-state index in [9.17, 15) is 5.11 Å². The Labute approximate surface area is 116 Å². The number of aliphatic hydroxyl groups is 1. The highest BCUT2D eigenvalue weighted by Crippen LogP contribution is 2.39. The third-order valence-corrected chi connectivity index (χ3v) is 5.05. The fourth-order valence-electron chi connectivity index (χ4n) is 3.99. The smallest absolute Gasteiger partial charge is 0.0948 e. The van der Waals surface area contributed by atoms with E-state index in [1.165, 1.54) is 24.8 Å². The molecule has 104 valence electrons. The first-order chi connectivity index (χ1) is 9.09. The predicted octanol–water partition coefficient (Wildman–Crippen LogP) is 3.30. The van der Waals surface area contributed by atoms with E-state index in [0.717, 1.165) is 24.9 Å². The molecule has 19 heavy (non-hydrogen) atoms. The lowest BCUT2D eigenvalue weighted by Gasteiger charge is -2.40. The van der Waals surface area contributed by atoms with Crippen LogP contribution in [0.25, 0.3) is 0 Å². The van der Waals surface area contributed by atoms with Gasteiger partial charge in [0.25, 0.3) is 0 Å². The van der Waals surface area contributed by atoms with Gasteiger partial charge in [0.1, 0.15) is 0 Å². The van der Waals surface area contributed by atoms with Gasteiger partial charge < -0.3 is 5.11 Å². The Balaban J connectivity index is 1.92. The molecule has 1 aromatic rings. The number of nitrogens with zero attached hydrogens (tertiary/aromatic N) is 1. The minimum absolute atomic E-state index is 0.241. The van der Waals surface area contributed by atoms with Crippen molar-refractivity contribution < 1.29 is 5.11 Å². The number of likely N-dealkylation sites (tertiary alicyclic amines) is 1. The Kier molecular flexibility index (Phi) is 3.40. The molecule has 2 atom stereocenters. The van der Waals surface area contributed by atoms with Gasteiger partial charge in [0, 0.05) is 11.6 Å². The van der Waals surface area contributed by atoms with Crippen molar-refractivity contribution in [1.29, 1.82) is 0 Å². The summed E-state index contributed by atoms with van der Waals surface area (Å²) in [6.07, 6.45) is 5.59. The molecule has 3 rings (SSSR count). The maximum Gasteiger partial charge on any atom is 0.0948 e. The second kappa shape index (κ2) is 4.92. The summed E-state index contributed by atoms with van der Waals surface area (Å²) in [7, 11) is 0. The Morgan fingerprint density at radius 1 is 1.21 bits per heavy atom. The van der Waals surface area contributed by atoms with Crippen molar-refractivity contribution in [3.05, 3.63) is 35.4 Å². The van der Waals surface area contributed by atoms with E-state index in [1.807, 2.05) is 0 Å². The van der Waals surface area contributed by atoms with Crippen LogP contribution in [0.3, 0.4) is 0 Å². The van der Waals surface area contributed by atoms with Gasteiger partial charge in [-0.15, -0.1) is 0 Å². The van der Waals surface area contributed by atoms with Gasteiger partial charge in [-0.05, 0) is 63.6 Å². The van der Waals surface area contributed by atoms with E-state index in [2.05, 4.69) is 43.0 Å². The van der Waals surface area contributed by atoms with Crippen LogP contribution in [0.15, 0.2) is 24.3 Å². The van der Waals surface area contributed by atoms with Crippen molar-refractivity contribution in [1.82, 2.24) is 4.90 Å². The van der Waals surface area contributed by atoms with E-state index < -0.39 is 0 Å². The molecule has 2 heteroatoms. The van der Waals surface area contributed by atoms with Crippen LogP contribution in [0, 0.1) is 0 Å². The third-order valence-electron chi connectivity index (χ3n) is 5.05. The average Bonchev–Trinajstić information content (AvgIpc) is 2.65. The maximum atomic E-state index is 10.9.